The summed E-state index contributed by atoms with van der Waals surface area (Å²) < 4.78 is 0. The van der Waals surface area contributed by atoms with Gasteiger partial charge in [0.25, 0.3) is 5.91 Å². The molecule has 1 aliphatic heterocycles. The van der Waals surface area contributed by atoms with Crippen molar-refractivity contribution in [2.45, 2.75) is 12.8 Å². The lowest BCUT2D eigenvalue weighted by molar-refractivity contribution is -0.0940. The van der Waals surface area contributed by atoms with Crippen LogP contribution < -0.4 is 0 Å². The monoisotopic (exact) mass is 268 g/mol. The Bertz CT molecular complexity index is 627. The summed E-state index contributed by atoms with van der Waals surface area (Å²) in [5.41, 5.74) is 2.32. The van der Waals surface area contributed by atoms with Gasteiger partial charge in [-0.15, -0.1) is 0 Å². The van der Waals surface area contributed by atoms with Crippen LogP contribution in [0.2, 0.25) is 0 Å². The summed E-state index contributed by atoms with van der Waals surface area (Å²) in [6.07, 6.45) is -0.910. The van der Waals surface area contributed by atoms with Crippen molar-refractivity contribution in [1.29, 1.82) is 0 Å². The minimum Gasteiger partial charge on any atom is -0.368 e. The maximum atomic E-state index is 12.4. The van der Waals surface area contributed by atoms with E-state index in [2.05, 4.69) is 0 Å². The Hall–Kier alpha value is -2.17. The molecular weight excluding hydrogens is 252 g/mol. The molecule has 1 aliphatic rings. The van der Waals surface area contributed by atoms with Crippen LogP contribution in [0.25, 0.3) is 0 Å². The van der Waals surface area contributed by atoms with Crippen LogP contribution in [0, 0.1) is 0 Å². The number of hydrogen-bond acceptors (Lipinski definition) is 3. The van der Waals surface area contributed by atoms with E-state index in [-0.39, 0.29) is 5.91 Å². The molecule has 2 aromatic carbocycles. The molecule has 0 aromatic heterocycles. The number of hydrogen-bond donors (Lipinski definition) is 1. The summed E-state index contributed by atoms with van der Waals surface area (Å²) in [6, 6.07) is 17.0. The van der Waals surface area contributed by atoms with E-state index in [4.69, 9.17) is 0 Å². The van der Waals surface area contributed by atoms with E-state index in [1.807, 2.05) is 42.5 Å². The molecule has 4 heteroatoms. The second kappa shape index (κ2) is 5.07. The number of amides is 1. The Morgan fingerprint density at radius 2 is 1.75 bits per heavy atom. The van der Waals surface area contributed by atoms with Gasteiger partial charge in [0.15, 0.2) is 6.23 Å². The molecule has 1 N–H and O–H groups in total. The van der Waals surface area contributed by atoms with Crippen LogP contribution in [-0.4, -0.2) is 28.1 Å². The molecule has 1 amide bonds. The van der Waals surface area contributed by atoms with Crippen LogP contribution in [-0.2, 0) is 6.54 Å². The van der Waals surface area contributed by atoms with Crippen molar-refractivity contribution in [2.75, 3.05) is 7.05 Å². The molecule has 0 radical (unpaired) electrons. The molecule has 3 rings (SSSR count). The Kier molecular flexibility index (Phi) is 3.26. The maximum Gasteiger partial charge on any atom is 0.271 e. The van der Waals surface area contributed by atoms with E-state index >= 15 is 0 Å². The molecule has 1 heterocycles. The number of hydrazine groups is 1. The Balaban J connectivity index is 1.83. The fraction of sp³-hybridized carbons (Fsp3) is 0.188. The molecular formula is C16H16N2O2. The topological polar surface area (TPSA) is 43.8 Å². The van der Waals surface area contributed by atoms with E-state index in [9.17, 15) is 9.90 Å². The molecule has 0 fully saturated rings. The molecule has 1 unspecified atom stereocenters. The van der Waals surface area contributed by atoms with E-state index in [0.29, 0.717) is 17.7 Å². The predicted octanol–water partition coefficient (Wildman–Crippen LogP) is 2.18. The van der Waals surface area contributed by atoms with Crippen molar-refractivity contribution in [3.63, 3.8) is 0 Å². The van der Waals surface area contributed by atoms with Gasteiger partial charge in [0.05, 0.1) is 0 Å². The van der Waals surface area contributed by atoms with Gasteiger partial charge in [0.2, 0.25) is 0 Å². The van der Waals surface area contributed by atoms with Gasteiger partial charge >= 0.3 is 0 Å². The summed E-state index contributed by atoms with van der Waals surface area (Å²) in [6.45, 7) is 0.567. The van der Waals surface area contributed by atoms with Crippen molar-refractivity contribution in [1.82, 2.24) is 10.0 Å². The number of fused-ring (bicyclic) bond motifs is 1. The smallest absolute Gasteiger partial charge is 0.271 e. The van der Waals surface area contributed by atoms with Crippen LogP contribution in [0.1, 0.15) is 27.7 Å². The van der Waals surface area contributed by atoms with Crippen LogP contribution in [0.15, 0.2) is 54.6 Å². The molecule has 4 nitrogen and oxygen atoms in total. The number of carbonyl (C=O) groups is 1. The van der Waals surface area contributed by atoms with Gasteiger partial charge < -0.3 is 5.11 Å². The lowest BCUT2D eigenvalue weighted by atomic mass is 10.1. The Labute approximate surface area is 117 Å². The summed E-state index contributed by atoms with van der Waals surface area (Å²) >= 11 is 0. The van der Waals surface area contributed by atoms with Crippen molar-refractivity contribution >= 4 is 5.91 Å². The molecule has 2 aromatic rings. The van der Waals surface area contributed by atoms with Gasteiger partial charge in [0, 0.05) is 24.7 Å². The standard InChI is InChI=1S/C16H16N2O2/c1-17(11-12-7-3-2-4-8-12)18-15(19)13-9-5-6-10-14(13)16(18)20/h2-10,15,19H,11H2,1H3. The quantitative estimate of drug-likeness (QED) is 0.928. The Morgan fingerprint density at radius 1 is 1.10 bits per heavy atom. The average Bonchev–Trinajstić information content (AvgIpc) is 2.72. The number of rotatable bonds is 3. The van der Waals surface area contributed by atoms with Gasteiger partial charge in [-0.1, -0.05) is 48.5 Å². The molecule has 1 atom stereocenters. The SMILES string of the molecule is CN(Cc1ccccc1)N1C(=O)c2ccccc2C1O. The first-order valence-electron chi connectivity index (χ1n) is 6.54. The number of carbonyl (C=O) groups excluding carboxylic acids is 1. The molecule has 0 aliphatic carbocycles. The van der Waals surface area contributed by atoms with Crippen LogP contribution >= 0.6 is 0 Å². The molecule has 0 spiro atoms. The largest absolute Gasteiger partial charge is 0.368 e. The van der Waals surface area contributed by atoms with Crippen LogP contribution in [0.4, 0.5) is 0 Å². The molecule has 0 bridgehead atoms. The summed E-state index contributed by atoms with van der Waals surface area (Å²) in [5, 5.41) is 13.5. The van der Waals surface area contributed by atoms with Crippen LogP contribution in [0.5, 0.6) is 0 Å². The van der Waals surface area contributed by atoms with E-state index in [1.165, 1.54) is 5.01 Å². The second-order valence-electron chi connectivity index (χ2n) is 4.91. The zero-order valence-corrected chi connectivity index (χ0v) is 11.2. The summed E-state index contributed by atoms with van der Waals surface area (Å²) in [7, 11) is 1.81. The van der Waals surface area contributed by atoms with Crippen molar-refractivity contribution < 1.29 is 9.90 Å². The minimum absolute atomic E-state index is 0.161. The maximum absolute atomic E-state index is 12.4. The normalized spacial score (nSPS) is 17.6. The van der Waals surface area contributed by atoms with Gasteiger partial charge in [0.1, 0.15) is 0 Å². The van der Waals surface area contributed by atoms with E-state index in [1.54, 1.807) is 24.2 Å². The fourth-order valence-corrected chi connectivity index (χ4v) is 2.55. The predicted molar refractivity (Wildman–Crippen MR) is 75.5 cm³/mol. The van der Waals surface area contributed by atoms with Gasteiger partial charge in [-0.2, -0.15) is 0 Å². The number of benzene rings is 2. The Morgan fingerprint density at radius 3 is 2.45 bits per heavy atom. The first-order chi connectivity index (χ1) is 9.68. The van der Waals surface area contributed by atoms with Gasteiger partial charge in [-0.3, -0.25) is 4.79 Å². The lowest BCUT2D eigenvalue weighted by Gasteiger charge is -2.30. The molecule has 0 saturated heterocycles. The summed E-state index contributed by atoms with van der Waals surface area (Å²) in [4.78, 5) is 12.4. The average molecular weight is 268 g/mol. The van der Waals surface area contributed by atoms with E-state index in [0.717, 1.165) is 5.56 Å². The molecule has 20 heavy (non-hydrogen) atoms. The van der Waals surface area contributed by atoms with Gasteiger partial charge in [-0.05, 0) is 11.6 Å². The molecule has 102 valence electrons. The lowest BCUT2D eigenvalue weighted by Crippen LogP contribution is -2.41. The number of aliphatic hydroxyl groups is 1. The summed E-state index contributed by atoms with van der Waals surface area (Å²) in [5.74, 6) is -0.161. The number of aliphatic hydroxyl groups excluding tert-OH is 1. The zero-order chi connectivity index (χ0) is 14.1. The van der Waals surface area contributed by atoms with Crippen molar-refractivity contribution in [2.24, 2.45) is 0 Å². The third-order valence-electron chi connectivity index (χ3n) is 3.53. The van der Waals surface area contributed by atoms with E-state index < -0.39 is 6.23 Å². The first-order valence-corrected chi connectivity index (χ1v) is 6.54. The number of nitrogens with zero attached hydrogens (tertiary/aromatic N) is 2. The fourth-order valence-electron chi connectivity index (χ4n) is 2.55. The minimum atomic E-state index is -0.910. The highest BCUT2D eigenvalue weighted by atomic mass is 16.3. The highest BCUT2D eigenvalue weighted by Crippen LogP contribution is 2.32. The highest BCUT2D eigenvalue weighted by Gasteiger charge is 2.37. The highest BCUT2D eigenvalue weighted by molar-refractivity contribution is 5.98. The zero-order valence-electron chi connectivity index (χ0n) is 11.2. The van der Waals surface area contributed by atoms with Crippen molar-refractivity contribution in [3.05, 3.63) is 71.3 Å². The van der Waals surface area contributed by atoms with Crippen molar-refractivity contribution in [3.8, 4) is 0 Å². The third kappa shape index (κ3) is 2.09. The van der Waals surface area contributed by atoms with Crippen LogP contribution in [0.3, 0.4) is 0 Å². The first kappa shape index (κ1) is 12.8. The molecule has 0 saturated carbocycles. The second-order valence-corrected chi connectivity index (χ2v) is 4.91. The van der Waals surface area contributed by atoms with Gasteiger partial charge in [-0.25, -0.2) is 10.0 Å². The third-order valence-corrected chi connectivity index (χ3v) is 3.53.